The SMILES string of the molecule is O=C(Oc1ccccc1)N1CCC(CNS(=O)(=O)Cc2ccccc2)CC1. The van der Waals surface area contributed by atoms with Gasteiger partial charge in [-0.3, -0.25) is 0 Å². The number of ether oxygens (including phenoxy) is 1. The van der Waals surface area contributed by atoms with Gasteiger partial charge in [0, 0.05) is 19.6 Å². The summed E-state index contributed by atoms with van der Waals surface area (Å²) in [7, 11) is -3.36. The van der Waals surface area contributed by atoms with Crippen LogP contribution in [0.1, 0.15) is 18.4 Å². The molecule has 7 heteroatoms. The van der Waals surface area contributed by atoms with Crippen molar-refractivity contribution in [3.8, 4) is 5.75 Å². The average Bonchev–Trinajstić information content (AvgIpc) is 2.68. The molecule has 1 fully saturated rings. The van der Waals surface area contributed by atoms with Gasteiger partial charge in [0.1, 0.15) is 5.75 Å². The highest BCUT2D eigenvalue weighted by Crippen LogP contribution is 2.19. The van der Waals surface area contributed by atoms with Gasteiger partial charge in [0.05, 0.1) is 5.75 Å². The van der Waals surface area contributed by atoms with Crippen LogP contribution in [0.5, 0.6) is 5.75 Å². The molecule has 0 unspecified atom stereocenters. The lowest BCUT2D eigenvalue weighted by atomic mass is 9.97. The lowest BCUT2D eigenvalue weighted by Crippen LogP contribution is -2.42. The van der Waals surface area contributed by atoms with Crippen LogP contribution >= 0.6 is 0 Å². The van der Waals surface area contributed by atoms with Gasteiger partial charge in [-0.2, -0.15) is 0 Å². The van der Waals surface area contributed by atoms with E-state index in [9.17, 15) is 13.2 Å². The van der Waals surface area contributed by atoms with Crippen molar-refractivity contribution in [1.29, 1.82) is 0 Å². The van der Waals surface area contributed by atoms with Crippen LogP contribution in [0.25, 0.3) is 0 Å². The van der Waals surface area contributed by atoms with Gasteiger partial charge in [-0.15, -0.1) is 0 Å². The van der Waals surface area contributed by atoms with Gasteiger partial charge in [-0.05, 0) is 36.5 Å². The summed E-state index contributed by atoms with van der Waals surface area (Å²) >= 11 is 0. The van der Waals surface area contributed by atoms with E-state index in [2.05, 4.69) is 4.72 Å². The number of para-hydroxylation sites is 1. The van der Waals surface area contributed by atoms with Crippen LogP contribution in [0.3, 0.4) is 0 Å². The third-order valence-corrected chi connectivity index (χ3v) is 5.93. The van der Waals surface area contributed by atoms with E-state index in [-0.39, 0.29) is 17.8 Å². The summed E-state index contributed by atoms with van der Waals surface area (Å²) in [5.41, 5.74) is 0.767. The molecule has 3 rings (SSSR count). The largest absolute Gasteiger partial charge is 0.415 e. The smallest absolute Gasteiger partial charge is 0.410 e. The molecule has 2 aromatic rings. The molecular formula is C20H24N2O4S. The summed E-state index contributed by atoms with van der Waals surface area (Å²) in [4.78, 5) is 13.9. The van der Waals surface area contributed by atoms with Crippen LogP contribution in [-0.2, 0) is 15.8 Å². The Morgan fingerprint density at radius 3 is 2.22 bits per heavy atom. The highest BCUT2D eigenvalue weighted by atomic mass is 32.2. The molecule has 0 atom stereocenters. The fraction of sp³-hybridized carbons (Fsp3) is 0.350. The molecule has 0 radical (unpaired) electrons. The minimum absolute atomic E-state index is 0.0178. The van der Waals surface area contributed by atoms with Gasteiger partial charge in [-0.25, -0.2) is 17.9 Å². The molecule has 144 valence electrons. The Morgan fingerprint density at radius 2 is 1.59 bits per heavy atom. The van der Waals surface area contributed by atoms with E-state index in [1.165, 1.54) is 0 Å². The highest BCUT2D eigenvalue weighted by molar-refractivity contribution is 7.88. The van der Waals surface area contributed by atoms with Crippen LogP contribution in [0.2, 0.25) is 0 Å². The predicted molar refractivity (Wildman–Crippen MR) is 104 cm³/mol. The van der Waals surface area contributed by atoms with Crippen molar-refractivity contribution in [2.45, 2.75) is 18.6 Å². The van der Waals surface area contributed by atoms with E-state index < -0.39 is 10.0 Å². The third-order valence-electron chi connectivity index (χ3n) is 4.61. The van der Waals surface area contributed by atoms with Crippen molar-refractivity contribution < 1.29 is 17.9 Å². The molecular weight excluding hydrogens is 364 g/mol. The molecule has 0 saturated carbocycles. The van der Waals surface area contributed by atoms with Crippen molar-refractivity contribution in [1.82, 2.24) is 9.62 Å². The van der Waals surface area contributed by atoms with Crippen LogP contribution in [-0.4, -0.2) is 39.0 Å². The fourth-order valence-corrected chi connectivity index (χ4v) is 4.29. The Morgan fingerprint density at radius 1 is 1.00 bits per heavy atom. The number of nitrogens with one attached hydrogen (secondary N) is 1. The summed E-state index contributed by atoms with van der Waals surface area (Å²) in [6.45, 7) is 1.53. The molecule has 1 saturated heterocycles. The Bertz CT molecular complexity index is 833. The van der Waals surface area contributed by atoms with Gasteiger partial charge < -0.3 is 9.64 Å². The van der Waals surface area contributed by atoms with Gasteiger partial charge in [-0.1, -0.05) is 48.5 Å². The maximum atomic E-state index is 12.2. The van der Waals surface area contributed by atoms with E-state index in [0.29, 0.717) is 25.4 Å². The van der Waals surface area contributed by atoms with Crippen LogP contribution in [0.4, 0.5) is 4.79 Å². The van der Waals surface area contributed by atoms with E-state index in [0.717, 1.165) is 18.4 Å². The minimum atomic E-state index is -3.36. The van der Waals surface area contributed by atoms with Crippen molar-refractivity contribution in [3.63, 3.8) is 0 Å². The number of sulfonamides is 1. The molecule has 0 aromatic heterocycles. The van der Waals surface area contributed by atoms with E-state index in [1.807, 2.05) is 36.4 Å². The first kappa shape index (κ1) is 19.4. The van der Waals surface area contributed by atoms with Gasteiger partial charge in [0.25, 0.3) is 0 Å². The van der Waals surface area contributed by atoms with E-state index in [1.54, 1.807) is 29.2 Å². The molecule has 6 nitrogen and oxygen atoms in total. The number of benzene rings is 2. The van der Waals surface area contributed by atoms with Gasteiger partial charge in [0.15, 0.2) is 0 Å². The monoisotopic (exact) mass is 388 g/mol. The zero-order valence-corrected chi connectivity index (χ0v) is 15.9. The number of rotatable bonds is 6. The van der Waals surface area contributed by atoms with E-state index in [4.69, 9.17) is 4.74 Å². The van der Waals surface area contributed by atoms with E-state index >= 15 is 0 Å². The number of hydrogen-bond donors (Lipinski definition) is 1. The number of amides is 1. The van der Waals surface area contributed by atoms with Crippen molar-refractivity contribution in [3.05, 3.63) is 66.2 Å². The standard InChI is InChI=1S/C20H24N2O4S/c23-20(26-19-9-5-2-6-10-19)22-13-11-17(12-14-22)15-21-27(24,25)16-18-7-3-1-4-8-18/h1-10,17,21H,11-16H2. The summed E-state index contributed by atoms with van der Waals surface area (Å²) < 4.78 is 32.5. The summed E-state index contributed by atoms with van der Waals surface area (Å²) in [6, 6.07) is 18.1. The zero-order valence-electron chi connectivity index (χ0n) is 15.1. The predicted octanol–water partition coefficient (Wildman–Crippen LogP) is 3.02. The molecule has 1 N–H and O–H groups in total. The number of carbonyl (C=O) groups excluding carboxylic acids is 1. The van der Waals surface area contributed by atoms with Crippen LogP contribution < -0.4 is 9.46 Å². The van der Waals surface area contributed by atoms with Crippen molar-refractivity contribution in [2.75, 3.05) is 19.6 Å². The molecule has 1 heterocycles. The summed E-state index contributed by atoms with van der Waals surface area (Å²) in [6.07, 6.45) is 1.14. The number of nitrogens with zero attached hydrogens (tertiary/aromatic N) is 1. The molecule has 1 aliphatic heterocycles. The molecule has 0 bridgehead atoms. The zero-order chi connectivity index (χ0) is 19.1. The lowest BCUT2D eigenvalue weighted by molar-refractivity contribution is 0.131. The second kappa shape index (κ2) is 9.01. The summed E-state index contributed by atoms with van der Waals surface area (Å²) in [5.74, 6) is 0.727. The number of carbonyl (C=O) groups is 1. The normalized spacial score (nSPS) is 15.5. The first-order chi connectivity index (χ1) is 13.0. The lowest BCUT2D eigenvalue weighted by Gasteiger charge is -2.31. The van der Waals surface area contributed by atoms with Crippen molar-refractivity contribution in [2.24, 2.45) is 5.92 Å². The first-order valence-electron chi connectivity index (χ1n) is 9.05. The molecule has 2 aromatic carbocycles. The fourth-order valence-electron chi connectivity index (χ4n) is 3.06. The Balaban J connectivity index is 1.42. The van der Waals surface area contributed by atoms with Gasteiger partial charge >= 0.3 is 6.09 Å². The Labute approximate surface area is 160 Å². The maximum Gasteiger partial charge on any atom is 0.415 e. The molecule has 0 spiro atoms. The first-order valence-corrected chi connectivity index (χ1v) is 10.7. The molecule has 1 amide bonds. The van der Waals surface area contributed by atoms with Crippen LogP contribution in [0, 0.1) is 5.92 Å². The van der Waals surface area contributed by atoms with Gasteiger partial charge in [0.2, 0.25) is 10.0 Å². The maximum absolute atomic E-state index is 12.2. The van der Waals surface area contributed by atoms with Crippen molar-refractivity contribution >= 4 is 16.1 Å². The second-order valence-corrected chi connectivity index (χ2v) is 8.51. The number of likely N-dealkylation sites (tertiary alicyclic amines) is 1. The molecule has 1 aliphatic rings. The number of piperidine rings is 1. The third kappa shape index (κ3) is 6.08. The molecule has 0 aliphatic carbocycles. The topological polar surface area (TPSA) is 75.7 Å². The molecule has 27 heavy (non-hydrogen) atoms. The van der Waals surface area contributed by atoms with Crippen LogP contribution in [0.15, 0.2) is 60.7 Å². The summed E-state index contributed by atoms with van der Waals surface area (Å²) in [5, 5.41) is 0. The second-order valence-electron chi connectivity index (χ2n) is 6.70. The Kier molecular flexibility index (Phi) is 6.47. The minimum Gasteiger partial charge on any atom is -0.410 e. The quantitative estimate of drug-likeness (QED) is 0.825. The Hall–Kier alpha value is -2.38. The average molecular weight is 388 g/mol. The highest BCUT2D eigenvalue weighted by Gasteiger charge is 2.25. The number of hydrogen-bond acceptors (Lipinski definition) is 4.